The first kappa shape index (κ1) is 11.0. The second-order valence-corrected chi connectivity index (χ2v) is 6.38. The van der Waals surface area contributed by atoms with Crippen LogP contribution in [0.3, 0.4) is 0 Å². The third kappa shape index (κ3) is 1.91. The first-order chi connectivity index (χ1) is 7.79. The largest absolute Gasteiger partial charge is 0.391 e. The van der Waals surface area contributed by atoms with Gasteiger partial charge >= 0.3 is 0 Å². The monoisotopic (exact) mass is 223 g/mol. The van der Waals surface area contributed by atoms with Gasteiger partial charge in [-0.05, 0) is 31.1 Å². The topological polar surface area (TPSA) is 23.5 Å². The molecule has 0 amide bonds. The van der Waals surface area contributed by atoms with Gasteiger partial charge in [-0.15, -0.1) is 0 Å². The smallest absolute Gasteiger partial charge is 0.0695 e. The van der Waals surface area contributed by atoms with E-state index in [2.05, 4.69) is 4.90 Å². The molecule has 2 aliphatic carbocycles. The van der Waals surface area contributed by atoms with Crippen LogP contribution in [0.15, 0.2) is 0 Å². The third-order valence-electron chi connectivity index (χ3n) is 5.15. The van der Waals surface area contributed by atoms with E-state index in [0.29, 0.717) is 11.5 Å². The molecule has 3 rings (SSSR count). The maximum absolute atomic E-state index is 10.2. The van der Waals surface area contributed by atoms with Crippen molar-refractivity contribution in [3.8, 4) is 0 Å². The molecule has 1 spiro atoms. The lowest BCUT2D eigenvalue weighted by Gasteiger charge is -2.52. The van der Waals surface area contributed by atoms with Crippen molar-refractivity contribution in [2.75, 3.05) is 13.1 Å². The number of aliphatic hydroxyl groups is 1. The van der Waals surface area contributed by atoms with Gasteiger partial charge in [0.05, 0.1) is 6.10 Å². The quantitative estimate of drug-likeness (QED) is 0.691. The van der Waals surface area contributed by atoms with Crippen molar-refractivity contribution >= 4 is 0 Å². The Hall–Kier alpha value is -0.0800. The van der Waals surface area contributed by atoms with Gasteiger partial charge in [-0.2, -0.15) is 0 Å². The molecular formula is C14H25NO. The standard InChI is InChI=1S/C14H25NO/c16-13-7-3-1-2-6-12(13)15-10-14(11-15)8-4-5-9-14/h12-13,16H,1-11H2. The van der Waals surface area contributed by atoms with E-state index in [4.69, 9.17) is 0 Å². The van der Waals surface area contributed by atoms with Crippen LogP contribution in [0.25, 0.3) is 0 Å². The average molecular weight is 223 g/mol. The fraction of sp³-hybridized carbons (Fsp3) is 1.00. The van der Waals surface area contributed by atoms with Crippen molar-refractivity contribution in [1.82, 2.24) is 4.90 Å². The maximum Gasteiger partial charge on any atom is 0.0695 e. The van der Waals surface area contributed by atoms with E-state index in [1.165, 1.54) is 64.5 Å². The second kappa shape index (κ2) is 4.30. The van der Waals surface area contributed by atoms with Gasteiger partial charge in [0.15, 0.2) is 0 Å². The minimum atomic E-state index is -0.0405. The van der Waals surface area contributed by atoms with Crippen LogP contribution >= 0.6 is 0 Å². The molecular weight excluding hydrogens is 198 g/mol. The van der Waals surface area contributed by atoms with Gasteiger partial charge in [0.2, 0.25) is 0 Å². The van der Waals surface area contributed by atoms with Crippen molar-refractivity contribution in [3.63, 3.8) is 0 Å². The van der Waals surface area contributed by atoms with Crippen LogP contribution in [0.4, 0.5) is 0 Å². The molecule has 3 fully saturated rings. The van der Waals surface area contributed by atoms with Crippen LogP contribution in [-0.4, -0.2) is 35.2 Å². The normalized spacial score (nSPS) is 39.6. The van der Waals surface area contributed by atoms with Crippen molar-refractivity contribution in [1.29, 1.82) is 0 Å². The molecule has 0 aromatic carbocycles. The number of rotatable bonds is 1. The summed E-state index contributed by atoms with van der Waals surface area (Å²) in [5, 5.41) is 10.2. The zero-order valence-corrected chi connectivity index (χ0v) is 10.3. The van der Waals surface area contributed by atoms with Gasteiger partial charge in [-0.1, -0.05) is 32.1 Å². The van der Waals surface area contributed by atoms with Gasteiger partial charge in [0.25, 0.3) is 0 Å². The van der Waals surface area contributed by atoms with Crippen LogP contribution in [0.2, 0.25) is 0 Å². The molecule has 1 saturated heterocycles. The molecule has 16 heavy (non-hydrogen) atoms. The van der Waals surface area contributed by atoms with Gasteiger partial charge in [0, 0.05) is 19.1 Å². The Morgan fingerprint density at radius 2 is 1.56 bits per heavy atom. The molecule has 1 aliphatic heterocycles. The number of hydrogen-bond acceptors (Lipinski definition) is 2. The summed E-state index contributed by atoms with van der Waals surface area (Å²) in [5.41, 5.74) is 0.687. The van der Waals surface area contributed by atoms with E-state index in [1.54, 1.807) is 0 Å². The summed E-state index contributed by atoms with van der Waals surface area (Å²) in [6.07, 6.45) is 11.9. The highest BCUT2D eigenvalue weighted by molar-refractivity contribution is 5.01. The minimum Gasteiger partial charge on any atom is -0.391 e. The van der Waals surface area contributed by atoms with Crippen LogP contribution < -0.4 is 0 Å². The predicted octanol–water partition coefficient (Wildman–Crippen LogP) is 2.56. The highest BCUT2D eigenvalue weighted by Gasteiger charge is 2.47. The van der Waals surface area contributed by atoms with Gasteiger partial charge in [-0.3, -0.25) is 4.90 Å². The average Bonchev–Trinajstić information content (AvgIpc) is 2.62. The number of hydrogen-bond donors (Lipinski definition) is 1. The lowest BCUT2D eigenvalue weighted by Crippen LogP contribution is -2.61. The molecule has 2 atom stereocenters. The molecule has 92 valence electrons. The summed E-state index contributed by atoms with van der Waals surface area (Å²) < 4.78 is 0. The van der Waals surface area contributed by atoms with Crippen LogP contribution in [0, 0.1) is 5.41 Å². The zero-order valence-electron chi connectivity index (χ0n) is 10.3. The molecule has 1 heterocycles. The van der Waals surface area contributed by atoms with Crippen molar-refractivity contribution < 1.29 is 5.11 Å². The molecule has 0 bridgehead atoms. The summed E-state index contributed by atoms with van der Waals surface area (Å²) in [6, 6.07) is 0.494. The molecule has 2 saturated carbocycles. The Morgan fingerprint density at radius 1 is 0.875 bits per heavy atom. The fourth-order valence-electron chi connectivity index (χ4n) is 4.19. The van der Waals surface area contributed by atoms with Crippen molar-refractivity contribution in [2.45, 2.75) is 69.9 Å². The van der Waals surface area contributed by atoms with Gasteiger partial charge < -0.3 is 5.11 Å². The van der Waals surface area contributed by atoms with Crippen LogP contribution in [0.5, 0.6) is 0 Å². The Bertz CT molecular complexity index is 239. The molecule has 1 N–H and O–H groups in total. The predicted molar refractivity (Wildman–Crippen MR) is 65.4 cm³/mol. The molecule has 0 aromatic rings. The van der Waals surface area contributed by atoms with E-state index in [1.807, 2.05) is 0 Å². The van der Waals surface area contributed by atoms with Crippen molar-refractivity contribution in [3.05, 3.63) is 0 Å². The lowest BCUT2D eigenvalue weighted by atomic mass is 9.76. The Balaban J connectivity index is 1.57. The van der Waals surface area contributed by atoms with E-state index >= 15 is 0 Å². The van der Waals surface area contributed by atoms with Crippen molar-refractivity contribution in [2.24, 2.45) is 5.41 Å². The first-order valence-corrected chi connectivity index (χ1v) is 7.21. The van der Waals surface area contributed by atoms with Crippen LogP contribution in [-0.2, 0) is 0 Å². The first-order valence-electron chi connectivity index (χ1n) is 7.21. The zero-order chi connectivity index (χ0) is 11.0. The fourth-order valence-corrected chi connectivity index (χ4v) is 4.19. The maximum atomic E-state index is 10.2. The third-order valence-corrected chi connectivity index (χ3v) is 5.15. The molecule has 0 radical (unpaired) electrons. The van der Waals surface area contributed by atoms with E-state index < -0.39 is 0 Å². The molecule has 3 aliphatic rings. The summed E-state index contributed by atoms with van der Waals surface area (Å²) in [7, 11) is 0. The highest BCUT2D eigenvalue weighted by atomic mass is 16.3. The summed E-state index contributed by atoms with van der Waals surface area (Å²) in [5.74, 6) is 0. The molecule has 2 nitrogen and oxygen atoms in total. The van der Waals surface area contributed by atoms with Gasteiger partial charge in [0.1, 0.15) is 0 Å². The van der Waals surface area contributed by atoms with E-state index in [9.17, 15) is 5.11 Å². The second-order valence-electron chi connectivity index (χ2n) is 6.38. The Morgan fingerprint density at radius 3 is 2.31 bits per heavy atom. The van der Waals surface area contributed by atoms with Crippen LogP contribution in [0.1, 0.15) is 57.8 Å². The highest BCUT2D eigenvalue weighted by Crippen LogP contribution is 2.47. The summed E-state index contributed by atoms with van der Waals surface area (Å²) >= 11 is 0. The SMILES string of the molecule is OC1CCCCCC1N1CC2(CCCC2)C1. The number of nitrogens with zero attached hydrogens (tertiary/aromatic N) is 1. The Labute approximate surface area is 99.0 Å². The van der Waals surface area contributed by atoms with Gasteiger partial charge in [-0.25, -0.2) is 0 Å². The molecule has 2 heteroatoms. The van der Waals surface area contributed by atoms with E-state index in [0.717, 1.165) is 6.42 Å². The number of aliphatic hydroxyl groups excluding tert-OH is 1. The molecule has 2 unspecified atom stereocenters. The Kier molecular flexibility index (Phi) is 2.97. The van der Waals surface area contributed by atoms with E-state index in [-0.39, 0.29) is 6.10 Å². The number of likely N-dealkylation sites (tertiary alicyclic amines) is 1. The summed E-state index contributed by atoms with van der Waals surface area (Å²) in [4.78, 5) is 2.58. The minimum absolute atomic E-state index is 0.0405. The lowest BCUT2D eigenvalue weighted by molar-refractivity contribution is -0.0683. The molecule has 0 aromatic heterocycles. The summed E-state index contributed by atoms with van der Waals surface area (Å²) in [6.45, 7) is 2.57.